The molecule has 5 heteroatoms. The molecule has 1 amide bonds. The van der Waals surface area contributed by atoms with Crippen molar-refractivity contribution in [1.82, 2.24) is 10.2 Å². The number of amides is 1. The van der Waals surface area contributed by atoms with Crippen molar-refractivity contribution < 1.29 is 9.53 Å². The van der Waals surface area contributed by atoms with E-state index in [1.807, 2.05) is 38.2 Å². The van der Waals surface area contributed by atoms with Crippen LogP contribution in [0.3, 0.4) is 0 Å². The van der Waals surface area contributed by atoms with Gasteiger partial charge in [0.05, 0.1) is 6.54 Å². The molecule has 0 spiro atoms. The molecule has 4 nitrogen and oxygen atoms in total. The maximum absolute atomic E-state index is 12.0. The second-order valence-electron chi connectivity index (χ2n) is 5.81. The fourth-order valence-corrected chi connectivity index (χ4v) is 2.62. The van der Waals surface area contributed by atoms with Crippen LogP contribution in [0, 0.1) is 6.92 Å². The lowest BCUT2D eigenvalue weighted by atomic mass is 10.1. The normalized spacial score (nSPS) is 16.9. The highest BCUT2D eigenvalue weighted by Crippen LogP contribution is 2.13. The van der Waals surface area contributed by atoms with Crippen LogP contribution in [0.15, 0.2) is 24.3 Å². The average molecular weight is 327 g/mol. The van der Waals surface area contributed by atoms with Crippen LogP contribution in [0.1, 0.15) is 31.2 Å². The van der Waals surface area contributed by atoms with Gasteiger partial charge in [-0.1, -0.05) is 12.1 Å². The van der Waals surface area contributed by atoms with Crippen LogP contribution in [0.25, 0.3) is 0 Å². The molecule has 1 saturated heterocycles. The summed E-state index contributed by atoms with van der Waals surface area (Å²) in [6.07, 6.45) is 4.01. The molecule has 1 heterocycles. The van der Waals surface area contributed by atoms with Gasteiger partial charge in [0.2, 0.25) is 5.91 Å². The van der Waals surface area contributed by atoms with Crippen LogP contribution >= 0.6 is 12.4 Å². The van der Waals surface area contributed by atoms with E-state index in [0.717, 1.165) is 18.7 Å². The Bertz CT molecular complexity index is 462. The van der Waals surface area contributed by atoms with Gasteiger partial charge >= 0.3 is 0 Å². The van der Waals surface area contributed by atoms with Gasteiger partial charge in [-0.05, 0) is 50.4 Å². The number of halogens is 1. The smallest absolute Gasteiger partial charge is 0.222 e. The number of rotatable bonds is 7. The second-order valence-corrected chi connectivity index (χ2v) is 5.81. The molecule has 1 aliphatic heterocycles. The van der Waals surface area contributed by atoms with Crippen molar-refractivity contribution in [2.45, 2.75) is 38.6 Å². The van der Waals surface area contributed by atoms with Crippen LogP contribution < -0.4 is 10.1 Å². The second kappa shape index (κ2) is 9.70. The number of aryl methyl sites for hydroxylation is 1. The molecule has 0 bridgehead atoms. The third kappa shape index (κ3) is 6.24. The van der Waals surface area contributed by atoms with E-state index in [0.29, 0.717) is 25.6 Å². The third-order valence-corrected chi connectivity index (χ3v) is 3.98. The molecule has 0 aliphatic carbocycles. The van der Waals surface area contributed by atoms with E-state index in [4.69, 9.17) is 4.74 Å². The predicted molar refractivity (Wildman–Crippen MR) is 91.8 cm³/mol. The van der Waals surface area contributed by atoms with Crippen molar-refractivity contribution in [2.75, 3.05) is 26.7 Å². The van der Waals surface area contributed by atoms with Crippen molar-refractivity contribution in [3.05, 3.63) is 29.8 Å². The topological polar surface area (TPSA) is 41.6 Å². The van der Waals surface area contributed by atoms with E-state index in [1.165, 1.54) is 18.4 Å². The van der Waals surface area contributed by atoms with Gasteiger partial charge in [-0.2, -0.15) is 0 Å². The first-order valence-electron chi connectivity index (χ1n) is 7.82. The highest BCUT2D eigenvalue weighted by Gasteiger charge is 2.16. The van der Waals surface area contributed by atoms with Crippen molar-refractivity contribution in [2.24, 2.45) is 0 Å². The maximum atomic E-state index is 12.0. The molecule has 0 aromatic heterocycles. The zero-order valence-corrected chi connectivity index (χ0v) is 14.3. The van der Waals surface area contributed by atoms with Crippen LogP contribution in [-0.4, -0.2) is 43.6 Å². The highest BCUT2D eigenvalue weighted by molar-refractivity contribution is 5.85. The monoisotopic (exact) mass is 326 g/mol. The molecule has 1 aromatic rings. The van der Waals surface area contributed by atoms with Gasteiger partial charge < -0.3 is 15.0 Å². The van der Waals surface area contributed by atoms with Crippen LogP contribution in [0.2, 0.25) is 0 Å². The average Bonchev–Trinajstić information content (AvgIpc) is 2.98. The quantitative estimate of drug-likeness (QED) is 0.837. The van der Waals surface area contributed by atoms with Crippen molar-refractivity contribution in [3.8, 4) is 5.75 Å². The van der Waals surface area contributed by atoms with Gasteiger partial charge in [0.25, 0.3) is 0 Å². The predicted octanol–water partition coefficient (Wildman–Crippen LogP) is 2.79. The van der Waals surface area contributed by atoms with Crippen LogP contribution in [0.4, 0.5) is 0 Å². The van der Waals surface area contributed by atoms with Gasteiger partial charge in [-0.25, -0.2) is 0 Å². The summed E-state index contributed by atoms with van der Waals surface area (Å²) in [6, 6.07) is 8.51. The van der Waals surface area contributed by atoms with E-state index in [9.17, 15) is 4.79 Å². The first-order chi connectivity index (χ1) is 10.1. The molecule has 22 heavy (non-hydrogen) atoms. The number of carbonyl (C=O) groups excluding carboxylic acids is 1. The largest absolute Gasteiger partial charge is 0.492 e. The zero-order chi connectivity index (χ0) is 15.1. The molecule has 0 saturated carbocycles. The lowest BCUT2D eigenvalue weighted by Gasteiger charge is -2.18. The summed E-state index contributed by atoms with van der Waals surface area (Å²) >= 11 is 0. The Hall–Kier alpha value is -1.26. The SMILES string of the molecule is Cc1cccc(OCCN(C)C(=O)CCC2CCCN2)c1.Cl. The summed E-state index contributed by atoms with van der Waals surface area (Å²) in [6.45, 7) is 4.30. The lowest BCUT2D eigenvalue weighted by molar-refractivity contribution is -0.130. The number of hydrogen-bond acceptors (Lipinski definition) is 3. The van der Waals surface area contributed by atoms with Gasteiger partial charge in [-0.15, -0.1) is 12.4 Å². The molecule has 1 unspecified atom stereocenters. The van der Waals surface area contributed by atoms with E-state index in [-0.39, 0.29) is 18.3 Å². The fourth-order valence-electron chi connectivity index (χ4n) is 2.62. The Labute approximate surface area is 139 Å². The maximum Gasteiger partial charge on any atom is 0.222 e. The standard InChI is InChI=1S/C17H26N2O2.ClH/c1-14-5-3-7-16(13-14)21-12-11-19(2)17(20)9-8-15-6-4-10-18-15;/h3,5,7,13,15,18H,4,6,8-12H2,1-2H3;1H. The van der Waals surface area contributed by atoms with Gasteiger partial charge in [-0.3, -0.25) is 4.79 Å². The highest BCUT2D eigenvalue weighted by atomic mass is 35.5. The summed E-state index contributed by atoms with van der Waals surface area (Å²) < 4.78 is 5.68. The number of carbonyl (C=O) groups is 1. The number of benzene rings is 1. The Balaban J connectivity index is 0.00000242. The molecule has 2 rings (SSSR count). The molecular weight excluding hydrogens is 300 g/mol. The van der Waals surface area contributed by atoms with Gasteiger partial charge in [0.15, 0.2) is 0 Å². The number of nitrogens with zero attached hydrogens (tertiary/aromatic N) is 1. The van der Waals surface area contributed by atoms with E-state index in [1.54, 1.807) is 4.90 Å². The molecule has 0 radical (unpaired) electrons. The van der Waals surface area contributed by atoms with Crippen molar-refractivity contribution in [3.63, 3.8) is 0 Å². The minimum atomic E-state index is 0. The van der Waals surface area contributed by atoms with Crippen molar-refractivity contribution in [1.29, 1.82) is 0 Å². The first-order valence-corrected chi connectivity index (χ1v) is 7.82. The Morgan fingerprint density at radius 3 is 2.95 bits per heavy atom. The van der Waals surface area contributed by atoms with E-state index in [2.05, 4.69) is 5.32 Å². The minimum absolute atomic E-state index is 0. The number of likely N-dealkylation sites (N-methyl/N-ethyl adjacent to an activating group) is 1. The molecule has 124 valence electrons. The molecule has 1 atom stereocenters. The molecule has 1 fully saturated rings. The fraction of sp³-hybridized carbons (Fsp3) is 0.588. The summed E-state index contributed by atoms with van der Waals surface area (Å²) in [5.41, 5.74) is 1.18. The minimum Gasteiger partial charge on any atom is -0.492 e. The summed E-state index contributed by atoms with van der Waals surface area (Å²) in [4.78, 5) is 13.8. The summed E-state index contributed by atoms with van der Waals surface area (Å²) in [7, 11) is 1.85. The van der Waals surface area contributed by atoms with Gasteiger partial charge in [0.1, 0.15) is 12.4 Å². The van der Waals surface area contributed by atoms with Crippen LogP contribution in [0.5, 0.6) is 5.75 Å². The molecular formula is C17H27ClN2O2. The van der Waals surface area contributed by atoms with Crippen LogP contribution in [-0.2, 0) is 4.79 Å². The Morgan fingerprint density at radius 1 is 1.45 bits per heavy atom. The summed E-state index contributed by atoms with van der Waals surface area (Å²) in [5, 5.41) is 3.43. The number of nitrogens with one attached hydrogen (secondary N) is 1. The first kappa shape index (κ1) is 18.8. The van der Waals surface area contributed by atoms with Gasteiger partial charge in [0, 0.05) is 19.5 Å². The molecule has 1 N–H and O–H groups in total. The van der Waals surface area contributed by atoms with E-state index >= 15 is 0 Å². The lowest BCUT2D eigenvalue weighted by Crippen LogP contribution is -2.32. The zero-order valence-electron chi connectivity index (χ0n) is 13.5. The molecule has 1 aliphatic rings. The number of hydrogen-bond donors (Lipinski definition) is 1. The third-order valence-electron chi connectivity index (χ3n) is 3.98. The van der Waals surface area contributed by atoms with Crippen molar-refractivity contribution >= 4 is 18.3 Å². The summed E-state index contributed by atoms with van der Waals surface area (Å²) in [5.74, 6) is 1.07. The van der Waals surface area contributed by atoms with E-state index < -0.39 is 0 Å². The number of ether oxygens (including phenoxy) is 1. The Kier molecular flexibility index (Phi) is 8.28. The Morgan fingerprint density at radius 2 is 2.27 bits per heavy atom. The molecule has 1 aromatic carbocycles.